The molecule has 0 radical (unpaired) electrons. The molecular weight excluding hydrogens is 382 g/mol. The van der Waals surface area contributed by atoms with Crippen molar-refractivity contribution in [3.05, 3.63) is 46.6 Å². The Kier molecular flexibility index (Phi) is 5.78. The number of fused-ring (bicyclic) bond motifs is 1. The maximum absolute atomic E-state index is 12.5. The van der Waals surface area contributed by atoms with Gasteiger partial charge in [-0.3, -0.25) is 9.69 Å². The topological polar surface area (TPSA) is 61.4 Å². The maximum Gasteiger partial charge on any atom is 0.238 e. The van der Waals surface area contributed by atoms with Gasteiger partial charge in [-0.2, -0.15) is 0 Å². The summed E-state index contributed by atoms with van der Waals surface area (Å²) in [5.74, 6) is 1.07. The van der Waals surface area contributed by atoms with Crippen molar-refractivity contribution in [2.24, 2.45) is 0 Å². The van der Waals surface area contributed by atoms with E-state index in [9.17, 15) is 4.79 Å². The Morgan fingerprint density at radius 3 is 2.66 bits per heavy atom. The van der Waals surface area contributed by atoms with E-state index in [2.05, 4.69) is 51.9 Å². The molecule has 0 unspecified atom stereocenters. The third-order valence-corrected chi connectivity index (χ3v) is 6.77. The molecule has 0 bridgehead atoms. The first-order chi connectivity index (χ1) is 14.1. The van der Waals surface area contributed by atoms with Gasteiger partial charge in [0.15, 0.2) is 0 Å². The number of nitrogens with one attached hydrogen (secondary N) is 1. The maximum atomic E-state index is 12.5. The quantitative estimate of drug-likeness (QED) is 0.697. The summed E-state index contributed by atoms with van der Waals surface area (Å²) in [4.78, 5) is 28.5. The molecule has 1 saturated heterocycles. The second-order valence-corrected chi connectivity index (χ2v) is 8.69. The lowest BCUT2D eigenvalue weighted by Crippen LogP contribution is -2.49. The SMILES string of the molecule is CCc1ccccc1NC(=O)CN1CCN(c2ncnc3sc(C)c(C)c23)CC1. The minimum Gasteiger partial charge on any atom is -0.353 e. The summed E-state index contributed by atoms with van der Waals surface area (Å²) in [6.45, 7) is 10.2. The standard InChI is InChI=1S/C22H27N5OS/c1-4-17-7-5-6-8-18(17)25-19(28)13-26-9-11-27(12-10-26)21-20-15(2)16(3)29-22(20)24-14-23-21/h5-8,14H,4,9-13H2,1-3H3,(H,25,28). The zero-order valence-corrected chi connectivity index (χ0v) is 18.1. The van der Waals surface area contributed by atoms with Crippen LogP contribution < -0.4 is 10.2 Å². The number of hydrogen-bond acceptors (Lipinski definition) is 6. The molecule has 4 rings (SSSR count). The molecule has 1 aliphatic heterocycles. The van der Waals surface area contributed by atoms with Crippen LogP contribution in [-0.4, -0.2) is 53.5 Å². The molecule has 152 valence electrons. The van der Waals surface area contributed by atoms with E-state index in [1.54, 1.807) is 17.7 Å². The van der Waals surface area contributed by atoms with Crippen molar-refractivity contribution in [1.82, 2.24) is 14.9 Å². The monoisotopic (exact) mass is 409 g/mol. The van der Waals surface area contributed by atoms with E-state index in [-0.39, 0.29) is 5.91 Å². The molecule has 3 aromatic rings. The number of hydrogen-bond donors (Lipinski definition) is 1. The number of para-hydroxylation sites is 1. The van der Waals surface area contributed by atoms with Crippen LogP contribution in [0.5, 0.6) is 0 Å². The number of piperazine rings is 1. The van der Waals surface area contributed by atoms with E-state index in [1.165, 1.54) is 21.4 Å². The van der Waals surface area contributed by atoms with Crippen molar-refractivity contribution >= 4 is 39.0 Å². The summed E-state index contributed by atoms with van der Waals surface area (Å²) in [5, 5.41) is 4.25. The molecule has 0 atom stereocenters. The number of carbonyl (C=O) groups excluding carboxylic acids is 1. The third-order valence-electron chi connectivity index (χ3n) is 5.66. The summed E-state index contributed by atoms with van der Waals surface area (Å²) in [5.41, 5.74) is 3.36. The Balaban J connectivity index is 1.38. The number of anilines is 2. The van der Waals surface area contributed by atoms with Gasteiger partial charge in [-0.05, 0) is 37.5 Å². The van der Waals surface area contributed by atoms with Crippen LogP contribution in [0.1, 0.15) is 22.9 Å². The van der Waals surface area contributed by atoms with Crippen molar-refractivity contribution in [3.63, 3.8) is 0 Å². The van der Waals surface area contributed by atoms with Crippen LogP contribution in [0.25, 0.3) is 10.2 Å². The Bertz CT molecular complexity index is 1020. The van der Waals surface area contributed by atoms with Gasteiger partial charge in [-0.25, -0.2) is 9.97 Å². The summed E-state index contributed by atoms with van der Waals surface area (Å²) >= 11 is 1.73. The highest BCUT2D eigenvalue weighted by Crippen LogP contribution is 2.34. The molecule has 6 nitrogen and oxygen atoms in total. The molecule has 29 heavy (non-hydrogen) atoms. The molecule has 7 heteroatoms. The van der Waals surface area contributed by atoms with Gasteiger partial charge in [0.1, 0.15) is 17.0 Å². The molecule has 1 N–H and O–H groups in total. The van der Waals surface area contributed by atoms with E-state index in [0.717, 1.165) is 48.9 Å². The Hall–Kier alpha value is -2.51. The average molecular weight is 410 g/mol. The molecule has 0 aliphatic carbocycles. The van der Waals surface area contributed by atoms with Gasteiger partial charge in [0.25, 0.3) is 0 Å². The van der Waals surface area contributed by atoms with E-state index < -0.39 is 0 Å². The van der Waals surface area contributed by atoms with Gasteiger partial charge >= 0.3 is 0 Å². The second kappa shape index (κ2) is 8.47. The number of thiophene rings is 1. The van der Waals surface area contributed by atoms with E-state index in [0.29, 0.717) is 6.54 Å². The summed E-state index contributed by atoms with van der Waals surface area (Å²) < 4.78 is 0. The number of aromatic nitrogens is 2. The molecule has 3 heterocycles. The first-order valence-corrected chi connectivity index (χ1v) is 10.9. The molecule has 0 saturated carbocycles. The van der Waals surface area contributed by atoms with Crippen LogP contribution in [0.15, 0.2) is 30.6 Å². The lowest BCUT2D eigenvalue weighted by molar-refractivity contribution is -0.117. The lowest BCUT2D eigenvalue weighted by Gasteiger charge is -2.35. The minimum atomic E-state index is 0.0491. The Labute approximate surface area is 175 Å². The fourth-order valence-corrected chi connectivity index (χ4v) is 4.86. The van der Waals surface area contributed by atoms with E-state index in [4.69, 9.17) is 0 Å². The molecule has 1 aliphatic rings. The largest absolute Gasteiger partial charge is 0.353 e. The number of amides is 1. The fraction of sp³-hybridized carbons (Fsp3) is 0.409. The fourth-order valence-electron chi connectivity index (χ4n) is 3.86. The van der Waals surface area contributed by atoms with Gasteiger partial charge in [0, 0.05) is 36.7 Å². The molecule has 1 fully saturated rings. The smallest absolute Gasteiger partial charge is 0.238 e. The minimum absolute atomic E-state index is 0.0491. The van der Waals surface area contributed by atoms with Crippen molar-refractivity contribution in [3.8, 4) is 0 Å². The van der Waals surface area contributed by atoms with Crippen LogP contribution in [0, 0.1) is 13.8 Å². The molecule has 1 amide bonds. The highest BCUT2D eigenvalue weighted by Gasteiger charge is 2.23. The zero-order valence-electron chi connectivity index (χ0n) is 17.2. The van der Waals surface area contributed by atoms with Crippen molar-refractivity contribution in [2.45, 2.75) is 27.2 Å². The second-order valence-electron chi connectivity index (χ2n) is 7.48. The van der Waals surface area contributed by atoms with Crippen molar-refractivity contribution < 1.29 is 4.79 Å². The molecular formula is C22H27N5OS. The predicted octanol–water partition coefficient (Wildman–Crippen LogP) is 3.63. The summed E-state index contributed by atoms with van der Waals surface area (Å²) in [7, 11) is 0. The van der Waals surface area contributed by atoms with Gasteiger partial charge in [-0.1, -0.05) is 25.1 Å². The normalized spacial score (nSPS) is 15.1. The first kappa shape index (κ1) is 19.8. The van der Waals surface area contributed by atoms with Crippen molar-refractivity contribution in [1.29, 1.82) is 0 Å². The molecule has 0 spiro atoms. The predicted molar refractivity (Wildman–Crippen MR) is 120 cm³/mol. The van der Waals surface area contributed by atoms with Crippen LogP contribution in [0.2, 0.25) is 0 Å². The van der Waals surface area contributed by atoms with Gasteiger partial charge < -0.3 is 10.2 Å². The lowest BCUT2D eigenvalue weighted by atomic mass is 10.1. The van der Waals surface area contributed by atoms with Crippen LogP contribution in [0.3, 0.4) is 0 Å². The number of carbonyl (C=O) groups is 1. The van der Waals surface area contributed by atoms with E-state index in [1.807, 2.05) is 18.2 Å². The van der Waals surface area contributed by atoms with Gasteiger partial charge in [0.2, 0.25) is 5.91 Å². The van der Waals surface area contributed by atoms with Gasteiger partial charge in [-0.15, -0.1) is 11.3 Å². The molecule has 1 aromatic carbocycles. The highest BCUT2D eigenvalue weighted by molar-refractivity contribution is 7.18. The number of rotatable bonds is 5. The Morgan fingerprint density at radius 2 is 1.90 bits per heavy atom. The third kappa shape index (κ3) is 4.11. The van der Waals surface area contributed by atoms with E-state index >= 15 is 0 Å². The number of aryl methyl sites for hydroxylation is 3. The first-order valence-electron chi connectivity index (χ1n) is 10.1. The highest BCUT2D eigenvalue weighted by atomic mass is 32.1. The van der Waals surface area contributed by atoms with Crippen LogP contribution >= 0.6 is 11.3 Å². The average Bonchev–Trinajstić information content (AvgIpc) is 3.03. The van der Waals surface area contributed by atoms with Gasteiger partial charge in [0.05, 0.1) is 11.9 Å². The molecule has 2 aromatic heterocycles. The van der Waals surface area contributed by atoms with Crippen molar-refractivity contribution in [2.75, 3.05) is 42.9 Å². The van der Waals surface area contributed by atoms with Crippen LogP contribution in [0.4, 0.5) is 11.5 Å². The number of nitrogens with zero attached hydrogens (tertiary/aromatic N) is 4. The zero-order chi connectivity index (χ0) is 20.4. The van der Waals surface area contributed by atoms with Crippen LogP contribution in [-0.2, 0) is 11.2 Å². The summed E-state index contributed by atoms with van der Waals surface area (Å²) in [6.07, 6.45) is 2.57. The summed E-state index contributed by atoms with van der Waals surface area (Å²) in [6, 6.07) is 8.00. The Morgan fingerprint density at radius 1 is 1.14 bits per heavy atom. The number of benzene rings is 1.